The second kappa shape index (κ2) is 7.18. The van der Waals surface area contributed by atoms with Crippen molar-refractivity contribution >= 4 is 11.7 Å². The lowest BCUT2D eigenvalue weighted by Crippen LogP contribution is -2.39. The van der Waals surface area contributed by atoms with Crippen molar-refractivity contribution in [3.63, 3.8) is 0 Å². The van der Waals surface area contributed by atoms with E-state index in [1.807, 2.05) is 47.4 Å². The molecule has 0 aliphatic carbocycles. The second-order valence-electron chi connectivity index (χ2n) is 5.84. The predicted octanol–water partition coefficient (Wildman–Crippen LogP) is 3.93. The first-order chi connectivity index (χ1) is 11.3. The molecule has 1 fully saturated rings. The summed E-state index contributed by atoms with van der Waals surface area (Å²) in [5.74, 6) is 0.783. The molecule has 0 aromatic heterocycles. The number of hydrogen-bond acceptors (Lipinski definition) is 2. The average molecular weight is 310 g/mol. The van der Waals surface area contributed by atoms with Gasteiger partial charge in [0.1, 0.15) is 5.75 Å². The third-order valence-electron chi connectivity index (χ3n) is 4.29. The molecule has 1 aliphatic heterocycles. The molecular weight excluding hydrogens is 288 g/mol. The molecule has 1 unspecified atom stereocenters. The van der Waals surface area contributed by atoms with Gasteiger partial charge in [-0.1, -0.05) is 30.3 Å². The number of ether oxygens (including phenoxy) is 1. The van der Waals surface area contributed by atoms with E-state index < -0.39 is 0 Å². The first kappa shape index (κ1) is 15.4. The highest BCUT2D eigenvalue weighted by molar-refractivity contribution is 5.89. The van der Waals surface area contributed by atoms with Crippen molar-refractivity contribution in [3.05, 3.63) is 60.2 Å². The highest BCUT2D eigenvalue weighted by Gasteiger charge is 2.28. The van der Waals surface area contributed by atoms with Crippen molar-refractivity contribution in [2.45, 2.75) is 25.3 Å². The number of likely N-dealkylation sites (tertiary alicyclic amines) is 1. The van der Waals surface area contributed by atoms with Crippen LogP contribution in [0.3, 0.4) is 0 Å². The van der Waals surface area contributed by atoms with E-state index in [9.17, 15) is 4.79 Å². The van der Waals surface area contributed by atoms with Crippen LogP contribution in [0.2, 0.25) is 0 Å². The van der Waals surface area contributed by atoms with Gasteiger partial charge in [-0.25, -0.2) is 4.79 Å². The molecule has 1 atom stereocenters. The molecule has 2 aromatic carbocycles. The quantitative estimate of drug-likeness (QED) is 0.929. The number of nitrogens with zero attached hydrogens (tertiary/aromatic N) is 1. The van der Waals surface area contributed by atoms with Crippen LogP contribution in [0.4, 0.5) is 10.5 Å². The summed E-state index contributed by atoms with van der Waals surface area (Å²) < 4.78 is 5.13. The Bertz CT molecular complexity index is 640. The number of methoxy groups -OCH3 is 1. The van der Waals surface area contributed by atoms with Gasteiger partial charge in [0.25, 0.3) is 0 Å². The fourth-order valence-electron chi connectivity index (χ4n) is 3.07. The topological polar surface area (TPSA) is 41.6 Å². The van der Waals surface area contributed by atoms with Gasteiger partial charge in [-0.05, 0) is 49.1 Å². The van der Waals surface area contributed by atoms with Gasteiger partial charge in [-0.15, -0.1) is 0 Å². The van der Waals surface area contributed by atoms with E-state index in [0.29, 0.717) is 0 Å². The van der Waals surface area contributed by atoms with E-state index >= 15 is 0 Å². The van der Waals surface area contributed by atoms with E-state index in [2.05, 4.69) is 17.4 Å². The van der Waals surface area contributed by atoms with Gasteiger partial charge in [0, 0.05) is 18.3 Å². The summed E-state index contributed by atoms with van der Waals surface area (Å²) in [7, 11) is 1.63. The molecule has 1 saturated heterocycles. The maximum atomic E-state index is 12.6. The summed E-state index contributed by atoms with van der Waals surface area (Å²) in [6, 6.07) is 18.0. The van der Waals surface area contributed by atoms with E-state index in [0.717, 1.165) is 37.2 Å². The number of carbonyl (C=O) groups excluding carboxylic acids is 1. The Morgan fingerprint density at radius 2 is 1.91 bits per heavy atom. The van der Waals surface area contributed by atoms with Gasteiger partial charge in [-0.2, -0.15) is 0 Å². The Kier molecular flexibility index (Phi) is 4.81. The molecule has 120 valence electrons. The standard InChI is InChI=1S/C19H22N2O2/c1-23-18-11-9-16(10-12-18)20-19(22)21-13-5-8-17(21)14-15-6-3-2-4-7-15/h2-4,6-7,9-12,17H,5,8,13-14H2,1H3,(H,20,22). The molecule has 1 aliphatic rings. The third-order valence-corrected chi connectivity index (χ3v) is 4.29. The van der Waals surface area contributed by atoms with Crippen LogP contribution in [-0.4, -0.2) is 30.6 Å². The SMILES string of the molecule is COc1ccc(NC(=O)N2CCCC2Cc2ccccc2)cc1. The summed E-state index contributed by atoms with van der Waals surface area (Å²) in [4.78, 5) is 14.5. The van der Waals surface area contributed by atoms with Gasteiger partial charge >= 0.3 is 6.03 Å². The Morgan fingerprint density at radius 1 is 1.17 bits per heavy atom. The molecular formula is C19H22N2O2. The third kappa shape index (κ3) is 3.83. The Hall–Kier alpha value is -2.49. The van der Waals surface area contributed by atoms with Crippen molar-refractivity contribution in [2.75, 3.05) is 19.0 Å². The van der Waals surface area contributed by atoms with E-state index in [1.54, 1.807) is 7.11 Å². The highest BCUT2D eigenvalue weighted by atomic mass is 16.5. The molecule has 4 heteroatoms. The van der Waals surface area contributed by atoms with Gasteiger partial charge in [0.15, 0.2) is 0 Å². The van der Waals surface area contributed by atoms with Crippen molar-refractivity contribution in [3.8, 4) is 5.75 Å². The van der Waals surface area contributed by atoms with E-state index in [4.69, 9.17) is 4.74 Å². The summed E-state index contributed by atoms with van der Waals surface area (Å²) >= 11 is 0. The van der Waals surface area contributed by atoms with Gasteiger partial charge in [0.05, 0.1) is 7.11 Å². The van der Waals surface area contributed by atoms with Crippen LogP contribution < -0.4 is 10.1 Å². The Balaban J connectivity index is 1.63. The minimum atomic E-state index is -0.0198. The van der Waals surface area contributed by atoms with Crippen LogP contribution in [0.1, 0.15) is 18.4 Å². The molecule has 0 saturated carbocycles. The zero-order valence-electron chi connectivity index (χ0n) is 13.4. The molecule has 2 amide bonds. The maximum absolute atomic E-state index is 12.6. The first-order valence-corrected chi connectivity index (χ1v) is 8.02. The van der Waals surface area contributed by atoms with Gasteiger partial charge in [0.2, 0.25) is 0 Å². The summed E-state index contributed by atoms with van der Waals surface area (Å²) in [5.41, 5.74) is 2.07. The molecule has 2 aromatic rings. The van der Waals surface area contributed by atoms with Crippen LogP contribution >= 0.6 is 0 Å². The number of urea groups is 1. The molecule has 0 radical (unpaired) electrons. The predicted molar refractivity (Wildman–Crippen MR) is 91.9 cm³/mol. The number of amides is 2. The van der Waals surface area contributed by atoms with Crippen LogP contribution in [0.15, 0.2) is 54.6 Å². The van der Waals surface area contributed by atoms with Crippen molar-refractivity contribution in [1.82, 2.24) is 4.90 Å². The number of carbonyl (C=O) groups is 1. The Morgan fingerprint density at radius 3 is 2.61 bits per heavy atom. The zero-order chi connectivity index (χ0) is 16.1. The molecule has 0 spiro atoms. The number of nitrogens with one attached hydrogen (secondary N) is 1. The zero-order valence-corrected chi connectivity index (χ0v) is 13.4. The van der Waals surface area contributed by atoms with Crippen molar-refractivity contribution in [1.29, 1.82) is 0 Å². The minimum Gasteiger partial charge on any atom is -0.497 e. The van der Waals surface area contributed by atoms with E-state index in [-0.39, 0.29) is 12.1 Å². The largest absolute Gasteiger partial charge is 0.497 e. The smallest absolute Gasteiger partial charge is 0.322 e. The molecule has 0 bridgehead atoms. The van der Waals surface area contributed by atoms with Crippen molar-refractivity contribution < 1.29 is 9.53 Å². The molecule has 1 heterocycles. The number of benzene rings is 2. The van der Waals surface area contributed by atoms with E-state index in [1.165, 1.54) is 5.56 Å². The monoisotopic (exact) mass is 310 g/mol. The molecule has 3 rings (SSSR count). The Labute approximate surface area is 137 Å². The fourth-order valence-corrected chi connectivity index (χ4v) is 3.07. The lowest BCUT2D eigenvalue weighted by atomic mass is 10.0. The normalized spacial score (nSPS) is 17.1. The molecule has 23 heavy (non-hydrogen) atoms. The van der Waals surface area contributed by atoms with Crippen LogP contribution in [-0.2, 0) is 6.42 Å². The number of rotatable bonds is 4. The first-order valence-electron chi connectivity index (χ1n) is 8.02. The maximum Gasteiger partial charge on any atom is 0.322 e. The van der Waals surface area contributed by atoms with Crippen LogP contribution in [0.25, 0.3) is 0 Å². The fraction of sp³-hybridized carbons (Fsp3) is 0.316. The van der Waals surface area contributed by atoms with Crippen LogP contribution in [0, 0.1) is 0 Å². The summed E-state index contributed by atoms with van der Waals surface area (Å²) in [6.45, 7) is 0.819. The van der Waals surface area contributed by atoms with Gasteiger partial charge < -0.3 is 15.0 Å². The number of anilines is 1. The van der Waals surface area contributed by atoms with Crippen molar-refractivity contribution in [2.24, 2.45) is 0 Å². The second-order valence-corrected chi connectivity index (χ2v) is 5.84. The minimum absolute atomic E-state index is 0.0198. The summed E-state index contributed by atoms with van der Waals surface area (Å²) in [6.07, 6.45) is 3.04. The summed E-state index contributed by atoms with van der Waals surface area (Å²) in [5, 5.41) is 2.98. The highest BCUT2D eigenvalue weighted by Crippen LogP contribution is 2.23. The number of hydrogen-bond donors (Lipinski definition) is 1. The molecule has 4 nitrogen and oxygen atoms in total. The lowest BCUT2D eigenvalue weighted by Gasteiger charge is -2.25. The molecule has 1 N–H and O–H groups in total. The lowest BCUT2D eigenvalue weighted by molar-refractivity contribution is 0.206. The van der Waals surface area contributed by atoms with Crippen LogP contribution in [0.5, 0.6) is 5.75 Å². The average Bonchev–Trinajstić information content (AvgIpc) is 3.05. The van der Waals surface area contributed by atoms with Gasteiger partial charge in [-0.3, -0.25) is 0 Å².